The van der Waals surface area contributed by atoms with Gasteiger partial charge in [0.25, 0.3) is 0 Å². The Labute approximate surface area is 152 Å². The summed E-state index contributed by atoms with van der Waals surface area (Å²) in [6, 6.07) is 16.0. The number of nitrogens with zero attached hydrogens (tertiary/aromatic N) is 1. The highest BCUT2D eigenvalue weighted by Crippen LogP contribution is 2.29. The monoisotopic (exact) mass is 354 g/mol. The van der Waals surface area contributed by atoms with Crippen LogP contribution in [-0.2, 0) is 22.6 Å². The number of hydrogen-bond acceptors (Lipinski definition) is 3. The second-order valence-corrected chi connectivity index (χ2v) is 7.04. The van der Waals surface area contributed by atoms with E-state index < -0.39 is 0 Å². The molecular weight excluding hydrogens is 332 g/mol. The Hall–Kier alpha value is -2.27. The summed E-state index contributed by atoms with van der Waals surface area (Å²) in [7, 11) is 0. The van der Waals surface area contributed by atoms with Gasteiger partial charge in [0.1, 0.15) is 0 Å². The summed E-state index contributed by atoms with van der Waals surface area (Å²) in [6.45, 7) is 3.16. The fourth-order valence-electron chi connectivity index (χ4n) is 2.93. The van der Waals surface area contributed by atoms with E-state index in [2.05, 4.69) is 11.4 Å². The summed E-state index contributed by atoms with van der Waals surface area (Å²) >= 11 is 1.53. The van der Waals surface area contributed by atoms with Crippen molar-refractivity contribution in [2.24, 2.45) is 0 Å². The van der Waals surface area contributed by atoms with E-state index in [1.807, 2.05) is 54.3 Å². The molecule has 4 nitrogen and oxygen atoms in total. The molecule has 2 aromatic rings. The largest absolute Gasteiger partial charge is 0.351 e. The number of amides is 2. The van der Waals surface area contributed by atoms with Gasteiger partial charge in [0.2, 0.25) is 11.8 Å². The van der Waals surface area contributed by atoms with E-state index in [0.717, 1.165) is 29.1 Å². The molecule has 5 heteroatoms. The van der Waals surface area contributed by atoms with Crippen molar-refractivity contribution in [1.29, 1.82) is 0 Å². The van der Waals surface area contributed by atoms with Crippen LogP contribution in [-0.4, -0.2) is 24.1 Å². The third-order valence-electron chi connectivity index (χ3n) is 4.25. The number of carbonyl (C=O) groups excluding carboxylic acids is 2. The zero-order valence-corrected chi connectivity index (χ0v) is 15.1. The van der Waals surface area contributed by atoms with Gasteiger partial charge in [0.15, 0.2) is 0 Å². The predicted octanol–water partition coefficient (Wildman–Crippen LogP) is 3.39. The Morgan fingerprint density at radius 2 is 1.96 bits per heavy atom. The van der Waals surface area contributed by atoms with Gasteiger partial charge in [-0.05, 0) is 35.7 Å². The molecule has 0 saturated heterocycles. The van der Waals surface area contributed by atoms with Crippen molar-refractivity contribution in [3.8, 4) is 0 Å². The molecule has 25 heavy (non-hydrogen) atoms. The topological polar surface area (TPSA) is 49.4 Å². The first-order valence-corrected chi connectivity index (χ1v) is 9.52. The zero-order chi connectivity index (χ0) is 17.6. The molecule has 0 radical (unpaired) electrons. The van der Waals surface area contributed by atoms with Crippen molar-refractivity contribution in [1.82, 2.24) is 5.32 Å². The average Bonchev–Trinajstić information content (AvgIpc) is 3.08. The predicted molar refractivity (Wildman–Crippen MR) is 102 cm³/mol. The zero-order valence-electron chi connectivity index (χ0n) is 14.3. The van der Waals surface area contributed by atoms with Gasteiger partial charge in [-0.15, -0.1) is 11.8 Å². The fourth-order valence-corrected chi connectivity index (χ4v) is 3.68. The quantitative estimate of drug-likeness (QED) is 0.809. The van der Waals surface area contributed by atoms with Gasteiger partial charge in [-0.2, -0.15) is 0 Å². The van der Waals surface area contributed by atoms with E-state index >= 15 is 0 Å². The molecule has 130 valence electrons. The van der Waals surface area contributed by atoms with Crippen molar-refractivity contribution >= 4 is 29.3 Å². The number of thioether (sulfide) groups is 1. The van der Waals surface area contributed by atoms with Crippen LogP contribution in [0.25, 0.3) is 0 Å². The summed E-state index contributed by atoms with van der Waals surface area (Å²) in [5, 5.41) is 2.97. The van der Waals surface area contributed by atoms with Crippen LogP contribution in [0.3, 0.4) is 0 Å². The molecule has 0 saturated carbocycles. The van der Waals surface area contributed by atoms with Crippen molar-refractivity contribution < 1.29 is 9.59 Å². The van der Waals surface area contributed by atoms with Crippen LogP contribution >= 0.6 is 11.8 Å². The number of rotatable bonds is 6. The van der Waals surface area contributed by atoms with Crippen LogP contribution in [0.5, 0.6) is 0 Å². The first-order valence-electron chi connectivity index (χ1n) is 8.54. The molecule has 0 fully saturated rings. The molecule has 0 spiro atoms. The SMILES string of the molecule is CCC(=O)N1CCc2cc(CNC(=O)CSc3ccccc3)ccc21. The smallest absolute Gasteiger partial charge is 0.230 e. The van der Waals surface area contributed by atoms with Crippen molar-refractivity contribution in [3.05, 3.63) is 59.7 Å². The molecule has 2 amide bonds. The van der Waals surface area contributed by atoms with E-state index in [0.29, 0.717) is 18.7 Å². The second kappa shape index (κ2) is 8.21. The summed E-state index contributed by atoms with van der Waals surface area (Å²) in [6.07, 6.45) is 1.41. The Balaban J connectivity index is 1.52. The van der Waals surface area contributed by atoms with E-state index in [-0.39, 0.29) is 11.8 Å². The lowest BCUT2D eigenvalue weighted by molar-refractivity contribution is -0.119. The summed E-state index contributed by atoms with van der Waals surface area (Å²) < 4.78 is 0. The van der Waals surface area contributed by atoms with E-state index in [4.69, 9.17) is 0 Å². The minimum atomic E-state index is 0.0251. The lowest BCUT2D eigenvalue weighted by Crippen LogP contribution is -2.27. The highest BCUT2D eigenvalue weighted by molar-refractivity contribution is 8.00. The van der Waals surface area contributed by atoms with Crippen molar-refractivity contribution in [2.45, 2.75) is 31.2 Å². The standard InChI is InChI=1S/C20H22N2O2S/c1-2-20(24)22-11-10-16-12-15(8-9-18(16)22)13-21-19(23)14-25-17-6-4-3-5-7-17/h3-9,12H,2,10-11,13-14H2,1H3,(H,21,23). The number of anilines is 1. The van der Waals surface area contributed by atoms with Gasteiger partial charge in [0, 0.05) is 30.1 Å². The second-order valence-electron chi connectivity index (χ2n) is 5.99. The number of carbonyl (C=O) groups is 2. The molecule has 0 bridgehead atoms. The minimum absolute atomic E-state index is 0.0251. The van der Waals surface area contributed by atoms with Crippen molar-refractivity contribution in [2.75, 3.05) is 17.2 Å². The van der Waals surface area contributed by atoms with E-state index in [9.17, 15) is 9.59 Å². The van der Waals surface area contributed by atoms with Gasteiger partial charge < -0.3 is 10.2 Å². The Morgan fingerprint density at radius 3 is 2.72 bits per heavy atom. The first-order chi connectivity index (χ1) is 12.2. The molecule has 1 aliphatic heterocycles. The molecule has 1 N–H and O–H groups in total. The van der Waals surface area contributed by atoms with Crippen LogP contribution < -0.4 is 10.2 Å². The van der Waals surface area contributed by atoms with Gasteiger partial charge in [0.05, 0.1) is 5.75 Å². The van der Waals surface area contributed by atoms with Crippen LogP contribution in [0.4, 0.5) is 5.69 Å². The maximum absolute atomic E-state index is 12.0. The van der Waals surface area contributed by atoms with Gasteiger partial charge in [-0.3, -0.25) is 9.59 Å². The summed E-state index contributed by atoms with van der Waals surface area (Å²) in [5.74, 6) is 0.600. The molecule has 0 atom stereocenters. The van der Waals surface area contributed by atoms with Crippen LogP contribution in [0.2, 0.25) is 0 Å². The maximum atomic E-state index is 12.0. The lowest BCUT2D eigenvalue weighted by atomic mass is 10.1. The van der Waals surface area contributed by atoms with Crippen molar-refractivity contribution in [3.63, 3.8) is 0 Å². The molecule has 0 aromatic heterocycles. The Kier molecular flexibility index (Phi) is 5.76. The summed E-state index contributed by atoms with van der Waals surface area (Å²) in [5.41, 5.74) is 3.27. The highest BCUT2D eigenvalue weighted by Gasteiger charge is 2.23. The molecule has 2 aromatic carbocycles. The third kappa shape index (κ3) is 4.42. The molecule has 3 rings (SSSR count). The van der Waals surface area contributed by atoms with Crippen LogP contribution in [0.15, 0.2) is 53.4 Å². The first kappa shape index (κ1) is 17.5. The number of fused-ring (bicyclic) bond motifs is 1. The molecule has 1 heterocycles. The normalized spacial score (nSPS) is 12.8. The van der Waals surface area contributed by atoms with E-state index in [1.54, 1.807) is 0 Å². The minimum Gasteiger partial charge on any atom is -0.351 e. The summed E-state index contributed by atoms with van der Waals surface area (Å²) in [4.78, 5) is 26.9. The Morgan fingerprint density at radius 1 is 1.16 bits per heavy atom. The van der Waals surface area contributed by atoms with Crippen LogP contribution in [0, 0.1) is 0 Å². The number of hydrogen-bond donors (Lipinski definition) is 1. The van der Waals surface area contributed by atoms with Gasteiger partial charge >= 0.3 is 0 Å². The average molecular weight is 354 g/mol. The van der Waals surface area contributed by atoms with Gasteiger partial charge in [-0.25, -0.2) is 0 Å². The number of benzene rings is 2. The lowest BCUT2D eigenvalue weighted by Gasteiger charge is -2.16. The molecule has 0 aliphatic carbocycles. The third-order valence-corrected chi connectivity index (χ3v) is 5.26. The number of nitrogens with one attached hydrogen (secondary N) is 1. The van der Waals surface area contributed by atoms with Gasteiger partial charge in [-0.1, -0.05) is 37.3 Å². The van der Waals surface area contributed by atoms with E-state index in [1.165, 1.54) is 17.3 Å². The highest BCUT2D eigenvalue weighted by atomic mass is 32.2. The van der Waals surface area contributed by atoms with Crippen LogP contribution in [0.1, 0.15) is 24.5 Å². The Bertz CT molecular complexity index is 762. The molecule has 0 unspecified atom stereocenters. The molecule has 1 aliphatic rings. The maximum Gasteiger partial charge on any atom is 0.230 e. The fraction of sp³-hybridized carbons (Fsp3) is 0.300. The molecular formula is C20H22N2O2S.